The van der Waals surface area contributed by atoms with Crippen molar-refractivity contribution in [1.82, 2.24) is 0 Å². The highest BCUT2D eigenvalue weighted by Gasteiger charge is 2.07. The molecule has 0 spiro atoms. The van der Waals surface area contributed by atoms with E-state index in [0.29, 0.717) is 32.0 Å². The summed E-state index contributed by atoms with van der Waals surface area (Å²) < 4.78 is 10.3. The number of carbonyl (C=O) groups excluding carboxylic acids is 2. The summed E-state index contributed by atoms with van der Waals surface area (Å²) >= 11 is 0. The summed E-state index contributed by atoms with van der Waals surface area (Å²) in [6, 6.07) is 9.89. The predicted molar refractivity (Wildman–Crippen MR) is 90.0 cm³/mol. The number of hydrogen-bond donors (Lipinski definition) is 0. The van der Waals surface area contributed by atoms with E-state index in [1.165, 1.54) is 0 Å². The Hall–Kier alpha value is -1.84. The lowest BCUT2D eigenvalue weighted by Crippen LogP contribution is -2.10. The first-order valence-electron chi connectivity index (χ1n) is 8.43. The smallest absolute Gasteiger partial charge is 0.305 e. The molecule has 4 heteroatoms. The van der Waals surface area contributed by atoms with E-state index in [0.717, 1.165) is 18.4 Å². The van der Waals surface area contributed by atoms with Crippen molar-refractivity contribution in [2.24, 2.45) is 5.92 Å². The lowest BCUT2D eigenvalue weighted by atomic mass is 10.1. The first kappa shape index (κ1) is 19.2. The molecule has 0 bridgehead atoms. The van der Waals surface area contributed by atoms with Crippen LogP contribution in [0.3, 0.4) is 0 Å². The summed E-state index contributed by atoms with van der Waals surface area (Å²) in [5.41, 5.74) is 1.14. The molecule has 0 radical (unpaired) electrons. The fourth-order valence-electron chi connectivity index (χ4n) is 2.13. The molecule has 0 heterocycles. The standard InChI is InChI=1S/C19H28O4/c1-16(2)8-7-14-22-18(20)11-6-12-19(21)23-15-13-17-9-4-3-5-10-17/h3-5,9-10,16H,6-8,11-15H2,1-2H3. The summed E-state index contributed by atoms with van der Waals surface area (Å²) in [5, 5.41) is 0. The van der Waals surface area contributed by atoms with Crippen LogP contribution < -0.4 is 0 Å². The Morgan fingerprint density at radius 3 is 2.13 bits per heavy atom. The third-order valence-electron chi connectivity index (χ3n) is 3.45. The summed E-state index contributed by atoms with van der Waals surface area (Å²) in [7, 11) is 0. The highest BCUT2D eigenvalue weighted by Crippen LogP contribution is 2.05. The van der Waals surface area contributed by atoms with Crippen LogP contribution in [0.4, 0.5) is 0 Å². The number of esters is 2. The zero-order chi connectivity index (χ0) is 16.9. The second-order valence-electron chi connectivity index (χ2n) is 6.07. The molecule has 0 unspecified atom stereocenters. The third-order valence-corrected chi connectivity index (χ3v) is 3.45. The lowest BCUT2D eigenvalue weighted by molar-refractivity contribution is -0.145. The van der Waals surface area contributed by atoms with Gasteiger partial charge in [-0.15, -0.1) is 0 Å². The van der Waals surface area contributed by atoms with Gasteiger partial charge in [-0.05, 0) is 30.7 Å². The maximum absolute atomic E-state index is 11.6. The van der Waals surface area contributed by atoms with Crippen molar-refractivity contribution >= 4 is 11.9 Å². The van der Waals surface area contributed by atoms with Gasteiger partial charge in [-0.2, -0.15) is 0 Å². The van der Waals surface area contributed by atoms with Crippen molar-refractivity contribution in [1.29, 1.82) is 0 Å². The average Bonchev–Trinajstić information content (AvgIpc) is 2.52. The Morgan fingerprint density at radius 1 is 0.913 bits per heavy atom. The van der Waals surface area contributed by atoms with Crippen LogP contribution in [-0.4, -0.2) is 25.2 Å². The molecular formula is C19H28O4. The molecule has 1 aromatic carbocycles. The Kier molecular flexibility index (Phi) is 9.76. The third kappa shape index (κ3) is 10.5. The molecule has 0 saturated heterocycles. The number of hydrogen-bond acceptors (Lipinski definition) is 4. The molecule has 0 N–H and O–H groups in total. The van der Waals surface area contributed by atoms with Gasteiger partial charge in [0.05, 0.1) is 13.2 Å². The van der Waals surface area contributed by atoms with E-state index in [1.807, 2.05) is 30.3 Å². The van der Waals surface area contributed by atoms with Crippen LogP contribution in [0.25, 0.3) is 0 Å². The van der Waals surface area contributed by atoms with Crippen molar-refractivity contribution in [3.63, 3.8) is 0 Å². The van der Waals surface area contributed by atoms with E-state index in [1.54, 1.807) is 0 Å². The van der Waals surface area contributed by atoms with Crippen molar-refractivity contribution in [3.05, 3.63) is 35.9 Å². The maximum Gasteiger partial charge on any atom is 0.305 e. The van der Waals surface area contributed by atoms with Crippen molar-refractivity contribution < 1.29 is 19.1 Å². The molecule has 0 aliphatic carbocycles. The molecule has 0 aliphatic rings. The van der Waals surface area contributed by atoms with Gasteiger partial charge in [0, 0.05) is 19.3 Å². The fraction of sp³-hybridized carbons (Fsp3) is 0.579. The van der Waals surface area contributed by atoms with Crippen LogP contribution in [0.2, 0.25) is 0 Å². The Bertz CT molecular complexity index is 454. The van der Waals surface area contributed by atoms with Gasteiger partial charge in [-0.1, -0.05) is 44.2 Å². The van der Waals surface area contributed by atoms with Crippen LogP contribution in [0.15, 0.2) is 30.3 Å². The molecule has 1 aromatic rings. The van der Waals surface area contributed by atoms with Crippen LogP contribution in [0.5, 0.6) is 0 Å². The molecule has 0 atom stereocenters. The van der Waals surface area contributed by atoms with Crippen LogP contribution in [0.1, 0.15) is 51.5 Å². The number of ether oxygens (including phenoxy) is 2. The van der Waals surface area contributed by atoms with Crippen LogP contribution in [0, 0.1) is 5.92 Å². The average molecular weight is 320 g/mol. The summed E-state index contributed by atoms with van der Waals surface area (Å²) in [6.45, 7) is 5.14. The normalized spacial score (nSPS) is 10.6. The SMILES string of the molecule is CC(C)CCCOC(=O)CCCC(=O)OCCc1ccccc1. The quantitative estimate of drug-likeness (QED) is 0.458. The van der Waals surface area contributed by atoms with E-state index in [2.05, 4.69) is 13.8 Å². The first-order chi connectivity index (χ1) is 11.1. The van der Waals surface area contributed by atoms with Gasteiger partial charge in [0.25, 0.3) is 0 Å². The number of rotatable bonds is 11. The zero-order valence-corrected chi connectivity index (χ0v) is 14.3. The van der Waals surface area contributed by atoms with Crippen LogP contribution >= 0.6 is 0 Å². The maximum atomic E-state index is 11.6. The van der Waals surface area contributed by atoms with Crippen molar-refractivity contribution in [2.75, 3.05) is 13.2 Å². The highest BCUT2D eigenvalue weighted by molar-refractivity contribution is 5.72. The van der Waals surface area contributed by atoms with Gasteiger partial charge < -0.3 is 9.47 Å². The molecule has 0 amide bonds. The number of benzene rings is 1. The minimum absolute atomic E-state index is 0.231. The van der Waals surface area contributed by atoms with Gasteiger partial charge in [0.2, 0.25) is 0 Å². The zero-order valence-electron chi connectivity index (χ0n) is 14.3. The molecule has 0 fully saturated rings. The monoisotopic (exact) mass is 320 g/mol. The number of carbonyl (C=O) groups is 2. The lowest BCUT2D eigenvalue weighted by Gasteiger charge is -2.07. The topological polar surface area (TPSA) is 52.6 Å². The molecule has 0 aliphatic heterocycles. The van der Waals surface area contributed by atoms with E-state index in [-0.39, 0.29) is 24.8 Å². The van der Waals surface area contributed by atoms with E-state index in [9.17, 15) is 9.59 Å². The Balaban J connectivity index is 1.99. The van der Waals surface area contributed by atoms with E-state index < -0.39 is 0 Å². The van der Waals surface area contributed by atoms with Gasteiger partial charge in [-0.25, -0.2) is 0 Å². The second-order valence-corrected chi connectivity index (χ2v) is 6.07. The summed E-state index contributed by atoms with van der Waals surface area (Å²) in [6.07, 6.45) is 3.68. The Morgan fingerprint density at radius 2 is 1.52 bits per heavy atom. The largest absolute Gasteiger partial charge is 0.466 e. The fourth-order valence-corrected chi connectivity index (χ4v) is 2.13. The van der Waals surface area contributed by atoms with Crippen LogP contribution in [-0.2, 0) is 25.5 Å². The predicted octanol–water partition coefficient (Wildman–Crippen LogP) is 3.92. The van der Waals surface area contributed by atoms with Gasteiger partial charge in [0.1, 0.15) is 0 Å². The molecular weight excluding hydrogens is 292 g/mol. The first-order valence-corrected chi connectivity index (χ1v) is 8.43. The minimum atomic E-state index is -0.256. The molecule has 0 aromatic heterocycles. The van der Waals surface area contributed by atoms with Crippen molar-refractivity contribution in [2.45, 2.75) is 52.4 Å². The minimum Gasteiger partial charge on any atom is -0.466 e. The van der Waals surface area contributed by atoms with Gasteiger partial charge >= 0.3 is 11.9 Å². The molecule has 0 saturated carbocycles. The molecule has 1 rings (SSSR count). The second kappa shape index (κ2) is 11.7. The molecule has 128 valence electrons. The highest BCUT2D eigenvalue weighted by atomic mass is 16.5. The van der Waals surface area contributed by atoms with Crippen molar-refractivity contribution in [3.8, 4) is 0 Å². The Labute approximate surface area is 139 Å². The summed E-state index contributed by atoms with van der Waals surface area (Å²) in [5.74, 6) is 0.138. The summed E-state index contributed by atoms with van der Waals surface area (Å²) in [4.78, 5) is 23.1. The molecule has 23 heavy (non-hydrogen) atoms. The van der Waals surface area contributed by atoms with Gasteiger partial charge in [-0.3, -0.25) is 9.59 Å². The molecule has 4 nitrogen and oxygen atoms in total. The van der Waals surface area contributed by atoms with E-state index in [4.69, 9.17) is 9.47 Å². The van der Waals surface area contributed by atoms with Gasteiger partial charge in [0.15, 0.2) is 0 Å². The van der Waals surface area contributed by atoms with E-state index >= 15 is 0 Å².